The maximum absolute atomic E-state index is 13.9. The van der Waals surface area contributed by atoms with Crippen LogP contribution in [0.5, 0.6) is 0 Å². The molecule has 1 aliphatic carbocycles. The van der Waals surface area contributed by atoms with Crippen LogP contribution in [0.15, 0.2) is 41.0 Å². The number of nitrogens with one attached hydrogen (secondary N) is 2. The molecule has 3 N–H and O–H groups in total. The highest BCUT2D eigenvalue weighted by Gasteiger charge is 2.32. The molecule has 2 amide bonds. The summed E-state index contributed by atoms with van der Waals surface area (Å²) in [6, 6.07) is 7.49. The van der Waals surface area contributed by atoms with Crippen LogP contribution in [0.25, 0.3) is 11.3 Å². The molecular weight excluding hydrogens is 327 g/mol. The molecule has 3 rings (SSSR count). The smallest absolute Gasteiger partial charge is 0.313 e. The minimum atomic E-state index is -0.989. The van der Waals surface area contributed by atoms with Crippen molar-refractivity contribution in [2.24, 2.45) is 0 Å². The number of carbonyl (C=O) groups is 2. The minimum absolute atomic E-state index is 0.00811. The van der Waals surface area contributed by atoms with E-state index in [9.17, 15) is 19.1 Å². The summed E-state index contributed by atoms with van der Waals surface area (Å²) < 4.78 is 19.1. The zero-order valence-corrected chi connectivity index (χ0v) is 13.5. The Labute approximate surface area is 144 Å². The highest BCUT2D eigenvalue weighted by atomic mass is 19.1. The van der Waals surface area contributed by atoms with Crippen molar-refractivity contribution in [3.05, 3.63) is 42.4 Å². The number of furan rings is 1. The normalized spacial score (nSPS) is 15.8. The molecule has 1 heterocycles. The molecule has 7 heteroatoms. The summed E-state index contributed by atoms with van der Waals surface area (Å²) in [4.78, 5) is 23.9. The van der Waals surface area contributed by atoms with Crippen molar-refractivity contribution in [1.82, 2.24) is 5.32 Å². The van der Waals surface area contributed by atoms with Crippen LogP contribution < -0.4 is 10.6 Å². The van der Waals surface area contributed by atoms with Crippen LogP contribution in [0.2, 0.25) is 0 Å². The van der Waals surface area contributed by atoms with Gasteiger partial charge in [-0.15, -0.1) is 0 Å². The van der Waals surface area contributed by atoms with E-state index in [1.54, 1.807) is 12.1 Å². The predicted octanol–water partition coefficient (Wildman–Crippen LogP) is 2.45. The average Bonchev–Trinajstić information content (AvgIpc) is 3.27. The van der Waals surface area contributed by atoms with Crippen LogP contribution >= 0.6 is 0 Å². The lowest BCUT2D eigenvalue weighted by molar-refractivity contribution is -0.136. The summed E-state index contributed by atoms with van der Waals surface area (Å²) in [7, 11) is 0. The Morgan fingerprint density at radius 3 is 2.64 bits per heavy atom. The third-order valence-corrected chi connectivity index (χ3v) is 4.34. The number of amides is 2. The Balaban J connectivity index is 1.64. The number of carbonyl (C=O) groups excluding carboxylic acids is 2. The Kier molecular flexibility index (Phi) is 4.85. The topological polar surface area (TPSA) is 91.6 Å². The van der Waals surface area contributed by atoms with Gasteiger partial charge in [0.25, 0.3) is 0 Å². The molecular formula is C18H19FN2O4. The van der Waals surface area contributed by atoms with E-state index in [0.717, 1.165) is 12.8 Å². The fraction of sp³-hybridized carbons (Fsp3) is 0.333. The number of benzene rings is 1. The highest BCUT2D eigenvalue weighted by Crippen LogP contribution is 2.28. The molecule has 0 unspecified atom stereocenters. The van der Waals surface area contributed by atoms with Crippen molar-refractivity contribution < 1.29 is 23.5 Å². The van der Waals surface area contributed by atoms with Gasteiger partial charge in [0, 0.05) is 12.1 Å². The van der Waals surface area contributed by atoms with E-state index in [4.69, 9.17) is 4.42 Å². The first-order chi connectivity index (χ1) is 12.0. The van der Waals surface area contributed by atoms with Gasteiger partial charge in [-0.1, -0.05) is 12.8 Å². The quantitative estimate of drug-likeness (QED) is 0.742. The summed E-state index contributed by atoms with van der Waals surface area (Å²) in [5.41, 5.74) is -0.503. The van der Waals surface area contributed by atoms with Crippen LogP contribution in [-0.2, 0) is 9.59 Å². The monoisotopic (exact) mass is 346 g/mol. The molecule has 6 nitrogen and oxygen atoms in total. The van der Waals surface area contributed by atoms with E-state index in [1.807, 2.05) is 0 Å². The van der Waals surface area contributed by atoms with Crippen molar-refractivity contribution in [3.8, 4) is 11.3 Å². The molecule has 0 atom stereocenters. The molecule has 0 aliphatic heterocycles. The molecule has 1 aliphatic rings. The van der Waals surface area contributed by atoms with Gasteiger partial charge in [-0.05, 0) is 43.2 Å². The second-order valence-corrected chi connectivity index (χ2v) is 6.24. The van der Waals surface area contributed by atoms with Crippen LogP contribution in [0.3, 0.4) is 0 Å². The molecule has 132 valence electrons. The molecule has 2 aromatic rings. The fourth-order valence-corrected chi connectivity index (χ4v) is 2.93. The Hall–Kier alpha value is -2.67. The predicted molar refractivity (Wildman–Crippen MR) is 89.2 cm³/mol. The molecule has 1 aromatic heterocycles. The number of hydrogen-bond donors (Lipinski definition) is 3. The maximum atomic E-state index is 13.9. The molecule has 0 spiro atoms. The van der Waals surface area contributed by atoms with Crippen molar-refractivity contribution in [3.63, 3.8) is 0 Å². The molecule has 25 heavy (non-hydrogen) atoms. The first-order valence-corrected chi connectivity index (χ1v) is 8.12. The highest BCUT2D eigenvalue weighted by molar-refractivity contribution is 6.39. The van der Waals surface area contributed by atoms with Gasteiger partial charge in [-0.2, -0.15) is 0 Å². The average molecular weight is 346 g/mol. The largest absolute Gasteiger partial charge is 0.464 e. The number of hydrogen-bond acceptors (Lipinski definition) is 4. The first kappa shape index (κ1) is 17.2. The van der Waals surface area contributed by atoms with Crippen LogP contribution in [-0.4, -0.2) is 29.1 Å². The zero-order valence-electron chi connectivity index (χ0n) is 13.5. The summed E-state index contributed by atoms with van der Waals surface area (Å²) in [5, 5.41) is 14.8. The minimum Gasteiger partial charge on any atom is -0.464 e. The van der Waals surface area contributed by atoms with E-state index >= 15 is 0 Å². The van der Waals surface area contributed by atoms with Gasteiger partial charge in [-0.25, -0.2) is 4.39 Å². The van der Waals surface area contributed by atoms with E-state index < -0.39 is 23.2 Å². The lowest BCUT2D eigenvalue weighted by Crippen LogP contribution is -2.44. The number of halogens is 1. The molecule has 1 aromatic carbocycles. The third kappa shape index (κ3) is 4.06. The summed E-state index contributed by atoms with van der Waals surface area (Å²) in [6.45, 7) is 0.00811. The summed E-state index contributed by atoms with van der Waals surface area (Å²) in [6.07, 6.45) is 4.45. The number of aliphatic hydroxyl groups is 1. The molecule has 1 fully saturated rings. The molecule has 0 bridgehead atoms. The Morgan fingerprint density at radius 2 is 1.96 bits per heavy atom. The van der Waals surface area contributed by atoms with Gasteiger partial charge in [-0.3, -0.25) is 9.59 Å². The lowest BCUT2D eigenvalue weighted by atomic mass is 10.0. The van der Waals surface area contributed by atoms with E-state index in [2.05, 4.69) is 10.6 Å². The summed E-state index contributed by atoms with van der Waals surface area (Å²) >= 11 is 0. The van der Waals surface area contributed by atoms with Crippen molar-refractivity contribution in [2.75, 3.05) is 11.9 Å². The third-order valence-electron chi connectivity index (χ3n) is 4.34. The van der Waals surface area contributed by atoms with E-state index in [0.29, 0.717) is 24.2 Å². The fourth-order valence-electron chi connectivity index (χ4n) is 2.93. The SMILES string of the molecule is O=C(NCC1(O)CCCC1)C(=O)Nc1cc(-c2ccco2)ccc1F. The van der Waals surface area contributed by atoms with Gasteiger partial charge in [0.1, 0.15) is 11.6 Å². The van der Waals surface area contributed by atoms with Crippen molar-refractivity contribution >= 4 is 17.5 Å². The Bertz CT molecular complexity index is 767. The van der Waals surface area contributed by atoms with Gasteiger partial charge in [0.2, 0.25) is 0 Å². The van der Waals surface area contributed by atoms with Crippen LogP contribution in [0.1, 0.15) is 25.7 Å². The van der Waals surface area contributed by atoms with Gasteiger partial charge in [0.05, 0.1) is 17.6 Å². The summed E-state index contributed by atoms with van der Waals surface area (Å²) in [5.74, 6) is -2.05. The lowest BCUT2D eigenvalue weighted by Gasteiger charge is -2.22. The maximum Gasteiger partial charge on any atom is 0.313 e. The van der Waals surface area contributed by atoms with Crippen molar-refractivity contribution in [1.29, 1.82) is 0 Å². The van der Waals surface area contributed by atoms with E-state index in [-0.39, 0.29) is 12.2 Å². The second kappa shape index (κ2) is 7.06. The van der Waals surface area contributed by atoms with Crippen LogP contribution in [0, 0.1) is 5.82 Å². The van der Waals surface area contributed by atoms with E-state index in [1.165, 1.54) is 24.5 Å². The molecule has 0 saturated heterocycles. The first-order valence-electron chi connectivity index (χ1n) is 8.12. The van der Waals surface area contributed by atoms with Gasteiger partial charge >= 0.3 is 11.8 Å². The zero-order chi connectivity index (χ0) is 17.9. The number of anilines is 1. The van der Waals surface area contributed by atoms with Gasteiger partial charge in [0.15, 0.2) is 0 Å². The number of rotatable bonds is 4. The van der Waals surface area contributed by atoms with Gasteiger partial charge < -0.3 is 20.2 Å². The van der Waals surface area contributed by atoms with Crippen molar-refractivity contribution in [2.45, 2.75) is 31.3 Å². The second-order valence-electron chi connectivity index (χ2n) is 6.24. The Morgan fingerprint density at radius 1 is 1.20 bits per heavy atom. The molecule has 0 radical (unpaired) electrons. The van der Waals surface area contributed by atoms with Crippen LogP contribution in [0.4, 0.5) is 10.1 Å². The standard InChI is InChI=1S/C18H19FN2O4/c19-13-6-5-12(15-4-3-9-25-15)10-14(13)21-17(23)16(22)20-11-18(24)7-1-2-8-18/h3-6,9-10,24H,1-2,7-8,11H2,(H,20,22)(H,21,23). The molecule has 1 saturated carbocycles.